The number of unbranched alkanes of at least 4 members (excludes halogenated alkanes) is 2. The van der Waals surface area contributed by atoms with Gasteiger partial charge in [-0.1, -0.05) is 33.1 Å². The lowest BCUT2D eigenvalue weighted by Crippen LogP contribution is -2.57. The topological polar surface area (TPSA) is 77.8 Å². The van der Waals surface area contributed by atoms with Gasteiger partial charge in [0.25, 0.3) is 0 Å². The Morgan fingerprint density at radius 3 is 2.07 bits per heavy atom. The number of carboxylic acid groups (broad SMARTS) is 1. The number of carbonyl (C=O) groups is 1. The van der Waals surface area contributed by atoms with E-state index in [4.69, 9.17) is 5.11 Å². The summed E-state index contributed by atoms with van der Waals surface area (Å²) in [5.41, 5.74) is -3.61. The Hall–Kier alpha value is -0.610. The average Bonchev–Trinajstić information content (AvgIpc) is 2.16. The molecule has 0 saturated carbocycles. The molecule has 0 rings (SSSR count). The van der Waals surface area contributed by atoms with Crippen LogP contribution in [-0.4, -0.2) is 32.5 Å². The summed E-state index contributed by atoms with van der Waals surface area (Å²) in [5.74, 6) is -1.36. The van der Waals surface area contributed by atoms with Gasteiger partial charge in [0.1, 0.15) is 5.60 Å². The van der Waals surface area contributed by atoms with Gasteiger partial charge < -0.3 is 15.3 Å². The van der Waals surface area contributed by atoms with Gasteiger partial charge in [-0.05, 0) is 19.8 Å². The van der Waals surface area contributed by atoms with Crippen LogP contribution in [0.15, 0.2) is 0 Å². The molecule has 0 bridgehead atoms. The van der Waals surface area contributed by atoms with Gasteiger partial charge in [0, 0.05) is 0 Å². The zero-order valence-corrected chi connectivity index (χ0v) is 9.79. The Morgan fingerprint density at radius 2 is 1.73 bits per heavy atom. The van der Waals surface area contributed by atoms with Gasteiger partial charge in [-0.25, -0.2) is 4.79 Å². The van der Waals surface area contributed by atoms with Gasteiger partial charge in [-0.2, -0.15) is 0 Å². The highest BCUT2D eigenvalue weighted by Crippen LogP contribution is 2.30. The van der Waals surface area contributed by atoms with E-state index in [0.717, 1.165) is 19.3 Å². The SMILES string of the molecule is CCCCCC(C)(O)C(O)(CC)C(=O)O. The van der Waals surface area contributed by atoms with Crippen molar-refractivity contribution in [2.75, 3.05) is 0 Å². The minimum absolute atomic E-state index is 0.00145. The first-order valence-corrected chi connectivity index (χ1v) is 5.50. The summed E-state index contributed by atoms with van der Waals surface area (Å²) in [6, 6.07) is 0. The quantitative estimate of drug-likeness (QED) is 0.566. The number of carboxylic acids is 1. The monoisotopic (exact) mass is 218 g/mol. The van der Waals surface area contributed by atoms with Crippen LogP contribution in [0, 0.1) is 0 Å². The van der Waals surface area contributed by atoms with E-state index < -0.39 is 17.2 Å². The van der Waals surface area contributed by atoms with Crippen LogP contribution in [0.25, 0.3) is 0 Å². The molecule has 0 fully saturated rings. The number of aliphatic carboxylic acids is 1. The van der Waals surface area contributed by atoms with E-state index in [-0.39, 0.29) is 6.42 Å². The van der Waals surface area contributed by atoms with Gasteiger partial charge in [-0.3, -0.25) is 0 Å². The van der Waals surface area contributed by atoms with Crippen LogP contribution in [-0.2, 0) is 4.79 Å². The second-order valence-electron chi connectivity index (χ2n) is 4.25. The van der Waals surface area contributed by atoms with E-state index >= 15 is 0 Å². The normalized spacial score (nSPS) is 19.3. The second kappa shape index (κ2) is 5.47. The standard InChI is InChI=1S/C11H22O4/c1-4-6-7-8-10(3,14)11(15,5-2)9(12)13/h14-15H,4-8H2,1-3H3,(H,12,13). The van der Waals surface area contributed by atoms with Crippen molar-refractivity contribution in [3.05, 3.63) is 0 Å². The third-order valence-corrected chi connectivity index (χ3v) is 3.02. The van der Waals surface area contributed by atoms with Gasteiger partial charge in [0.2, 0.25) is 0 Å². The van der Waals surface area contributed by atoms with Crippen molar-refractivity contribution in [1.82, 2.24) is 0 Å². The van der Waals surface area contributed by atoms with Crippen LogP contribution < -0.4 is 0 Å². The minimum atomic E-state index is -2.04. The molecule has 0 aromatic heterocycles. The Balaban J connectivity index is 4.58. The van der Waals surface area contributed by atoms with Crippen molar-refractivity contribution >= 4 is 5.97 Å². The molecule has 0 saturated heterocycles. The maximum Gasteiger partial charge on any atom is 0.338 e. The Bertz CT molecular complexity index is 213. The third-order valence-electron chi connectivity index (χ3n) is 3.02. The highest BCUT2D eigenvalue weighted by atomic mass is 16.4. The summed E-state index contributed by atoms with van der Waals surface area (Å²) in [4.78, 5) is 10.9. The van der Waals surface area contributed by atoms with E-state index in [1.807, 2.05) is 6.92 Å². The highest BCUT2D eigenvalue weighted by molar-refractivity contribution is 5.78. The smallest absolute Gasteiger partial charge is 0.338 e. The van der Waals surface area contributed by atoms with Crippen LogP contribution in [0.1, 0.15) is 52.9 Å². The average molecular weight is 218 g/mol. The molecule has 4 heteroatoms. The van der Waals surface area contributed by atoms with Crippen LogP contribution in [0.2, 0.25) is 0 Å². The molecule has 2 unspecified atom stereocenters. The van der Waals surface area contributed by atoms with Gasteiger partial charge in [0.15, 0.2) is 5.60 Å². The predicted octanol–water partition coefficient (Wildman–Crippen LogP) is 1.54. The zero-order chi connectivity index (χ0) is 12.1. The molecular weight excluding hydrogens is 196 g/mol. The van der Waals surface area contributed by atoms with E-state index in [1.165, 1.54) is 6.92 Å². The minimum Gasteiger partial charge on any atom is -0.479 e. The molecule has 2 atom stereocenters. The fraction of sp³-hybridized carbons (Fsp3) is 0.909. The number of hydrogen-bond donors (Lipinski definition) is 3. The molecule has 0 aliphatic carbocycles. The van der Waals surface area contributed by atoms with Crippen molar-refractivity contribution in [3.63, 3.8) is 0 Å². The van der Waals surface area contributed by atoms with Crippen LogP contribution >= 0.6 is 0 Å². The Kier molecular flexibility index (Phi) is 5.24. The van der Waals surface area contributed by atoms with Crippen LogP contribution in [0.3, 0.4) is 0 Å². The van der Waals surface area contributed by atoms with Crippen molar-refractivity contribution in [3.8, 4) is 0 Å². The van der Waals surface area contributed by atoms with Crippen molar-refractivity contribution in [2.45, 2.75) is 64.1 Å². The molecule has 0 aliphatic heterocycles. The number of hydrogen-bond acceptors (Lipinski definition) is 3. The lowest BCUT2D eigenvalue weighted by atomic mass is 9.78. The lowest BCUT2D eigenvalue weighted by molar-refractivity contribution is -0.191. The first-order valence-electron chi connectivity index (χ1n) is 5.50. The van der Waals surface area contributed by atoms with E-state index in [1.54, 1.807) is 6.92 Å². The summed E-state index contributed by atoms with van der Waals surface area (Å²) in [5, 5.41) is 28.8. The third kappa shape index (κ3) is 3.18. The fourth-order valence-corrected chi connectivity index (χ4v) is 1.69. The summed E-state index contributed by atoms with van der Waals surface area (Å²) < 4.78 is 0. The van der Waals surface area contributed by atoms with E-state index in [2.05, 4.69) is 0 Å². The highest BCUT2D eigenvalue weighted by Gasteiger charge is 2.50. The maximum absolute atomic E-state index is 10.9. The molecule has 0 aromatic carbocycles. The molecule has 4 nitrogen and oxygen atoms in total. The lowest BCUT2D eigenvalue weighted by Gasteiger charge is -2.37. The number of aliphatic hydroxyl groups is 2. The summed E-state index contributed by atoms with van der Waals surface area (Å²) >= 11 is 0. The molecule has 0 heterocycles. The van der Waals surface area contributed by atoms with E-state index in [9.17, 15) is 15.0 Å². The summed E-state index contributed by atoms with van der Waals surface area (Å²) in [6.45, 7) is 4.97. The fourth-order valence-electron chi connectivity index (χ4n) is 1.69. The first kappa shape index (κ1) is 14.4. The summed E-state index contributed by atoms with van der Waals surface area (Å²) in [6.07, 6.45) is 2.95. The van der Waals surface area contributed by atoms with Crippen molar-refractivity contribution < 1.29 is 20.1 Å². The molecule has 3 N–H and O–H groups in total. The Morgan fingerprint density at radius 1 is 1.20 bits per heavy atom. The van der Waals surface area contributed by atoms with Gasteiger partial charge in [-0.15, -0.1) is 0 Å². The predicted molar refractivity (Wildman–Crippen MR) is 57.6 cm³/mol. The molecule has 0 aliphatic rings. The van der Waals surface area contributed by atoms with Crippen LogP contribution in [0.5, 0.6) is 0 Å². The van der Waals surface area contributed by atoms with Crippen molar-refractivity contribution in [1.29, 1.82) is 0 Å². The maximum atomic E-state index is 10.9. The molecular formula is C11H22O4. The summed E-state index contributed by atoms with van der Waals surface area (Å²) in [7, 11) is 0. The molecule has 90 valence electrons. The van der Waals surface area contributed by atoms with Gasteiger partial charge in [0.05, 0.1) is 0 Å². The molecule has 0 aromatic rings. The van der Waals surface area contributed by atoms with E-state index in [0.29, 0.717) is 6.42 Å². The van der Waals surface area contributed by atoms with Crippen molar-refractivity contribution in [2.24, 2.45) is 0 Å². The molecule has 0 spiro atoms. The first-order chi connectivity index (χ1) is 6.81. The Labute approximate surface area is 90.9 Å². The number of rotatable bonds is 7. The zero-order valence-electron chi connectivity index (χ0n) is 9.79. The second-order valence-corrected chi connectivity index (χ2v) is 4.25. The molecule has 0 amide bonds. The van der Waals surface area contributed by atoms with Gasteiger partial charge >= 0.3 is 5.97 Å². The molecule has 0 radical (unpaired) electrons. The largest absolute Gasteiger partial charge is 0.479 e. The van der Waals surface area contributed by atoms with Crippen LogP contribution in [0.4, 0.5) is 0 Å². The molecule has 15 heavy (non-hydrogen) atoms.